The van der Waals surface area contributed by atoms with Crippen molar-refractivity contribution in [2.75, 3.05) is 32.5 Å². The zero-order valence-electron chi connectivity index (χ0n) is 12.4. The number of carbonyl (C=O) groups excluding carboxylic acids is 2. The highest BCUT2D eigenvalue weighted by Crippen LogP contribution is 2.09. The van der Waals surface area contributed by atoms with E-state index in [0.717, 1.165) is 11.3 Å². The second-order valence-electron chi connectivity index (χ2n) is 4.42. The van der Waals surface area contributed by atoms with Crippen LogP contribution in [0.1, 0.15) is 5.56 Å². The van der Waals surface area contributed by atoms with Gasteiger partial charge in [0.1, 0.15) is 6.61 Å². The lowest BCUT2D eigenvalue weighted by molar-refractivity contribution is -0.116. The summed E-state index contributed by atoms with van der Waals surface area (Å²) in [6.45, 7) is 4.29. The maximum absolute atomic E-state index is 11.7. The summed E-state index contributed by atoms with van der Waals surface area (Å²) >= 11 is 0. The second-order valence-corrected chi connectivity index (χ2v) is 4.42. The van der Waals surface area contributed by atoms with Gasteiger partial charge in [0.15, 0.2) is 0 Å². The normalized spacial score (nSPS) is 9.62. The summed E-state index contributed by atoms with van der Waals surface area (Å²) in [5.41, 5.74) is 1.91. The van der Waals surface area contributed by atoms with Gasteiger partial charge in [-0.3, -0.25) is 4.79 Å². The van der Waals surface area contributed by atoms with E-state index in [0.29, 0.717) is 13.1 Å². The lowest BCUT2D eigenvalue weighted by atomic mass is 10.2. The Kier molecular flexibility index (Phi) is 6.80. The minimum atomic E-state index is -0.430. The van der Waals surface area contributed by atoms with Crippen LogP contribution >= 0.6 is 0 Å². The molecule has 0 atom stereocenters. The maximum Gasteiger partial charge on any atom is 0.409 e. The lowest BCUT2D eigenvalue weighted by Crippen LogP contribution is -2.35. The molecule has 2 N–H and O–H groups in total. The minimum Gasteiger partial charge on any atom is -0.445 e. The zero-order chi connectivity index (χ0) is 15.7. The van der Waals surface area contributed by atoms with Gasteiger partial charge in [0.05, 0.1) is 0 Å². The molecule has 1 aromatic rings. The predicted octanol–water partition coefficient (Wildman–Crippen LogP) is 1.60. The first-order valence-corrected chi connectivity index (χ1v) is 6.61. The molecule has 1 aromatic carbocycles. The first-order chi connectivity index (χ1) is 10.1. The summed E-state index contributed by atoms with van der Waals surface area (Å²) < 4.78 is 5.18. The number of hydrogen-bond acceptors (Lipinski definition) is 4. The summed E-state index contributed by atoms with van der Waals surface area (Å²) in [7, 11) is 3.46. The molecule has 114 valence electrons. The van der Waals surface area contributed by atoms with E-state index < -0.39 is 6.09 Å². The average molecular weight is 291 g/mol. The summed E-state index contributed by atoms with van der Waals surface area (Å²) in [4.78, 5) is 24.1. The molecule has 2 amide bonds. The molecule has 0 aliphatic carbocycles. The van der Waals surface area contributed by atoms with E-state index in [4.69, 9.17) is 4.74 Å². The van der Waals surface area contributed by atoms with Crippen LogP contribution in [0.3, 0.4) is 0 Å². The van der Waals surface area contributed by atoms with E-state index in [-0.39, 0.29) is 12.5 Å². The van der Waals surface area contributed by atoms with Gasteiger partial charge in [-0.25, -0.2) is 4.79 Å². The van der Waals surface area contributed by atoms with E-state index in [1.54, 1.807) is 7.05 Å². The van der Waals surface area contributed by atoms with Crippen molar-refractivity contribution < 1.29 is 14.3 Å². The van der Waals surface area contributed by atoms with E-state index >= 15 is 0 Å². The molecule has 0 aliphatic heterocycles. The van der Waals surface area contributed by atoms with E-state index in [2.05, 4.69) is 17.2 Å². The summed E-state index contributed by atoms with van der Waals surface area (Å²) in [6, 6.07) is 7.61. The largest absolute Gasteiger partial charge is 0.445 e. The Balaban J connectivity index is 2.31. The number of nitrogens with one attached hydrogen (secondary N) is 2. The molecule has 0 spiro atoms. The Morgan fingerprint density at radius 3 is 2.57 bits per heavy atom. The predicted molar refractivity (Wildman–Crippen MR) is 82.0 cm³/mol. The third-order valence-corrected chi connectivity index (χ3v) is 2.85. The number of benzene rings is 1. The van der Waals surface area contributed by atoms with Crippen molar-refractivity contribution in [3.05, 3.63) is 42.5 Å². The van der Waals surface area contributed by atoms with Crippen molar-refractivity contribution in [2.45, 2.75) is 6.61 Å². The molecular formula is C15H21N3O3. The molecule has 1 rings (SSSR count). The van der Waals surface area contributed by atoms with Gasteiger partial charge in [-0.15, -0.1) is 0 Å². The summed E-state index contributed by atoms with van der Waals surface area (Å²) in [5.74, 6) is -0.263. The monoisotopic (exact) mass is 291 g/mol. The van der Waals surface area contributed by atoms with Gasteiger partial charge in [-0.1, -0.05) is 18.7 Å². The number of likely N-dealkylation sites (N-methyl/N-ethyl adjacent to an activating group) is 1. The van der Waals surface area contributed by atoms with E-state index in [1.807, 2.05) is 31.3 Å². The molecule has 0 fully saturated rings. The number of hydrogen-bond donors (Lipinski definition) is 2. The fraction of sp³-hybridized carbons (Fsp3) is 0.333. The van der Waals surface area contributed by atoms with Crippen molar-refractivity contribution in [1.29, 1.82) is 0 Å². The number of ether oxygens (including phenoxy) is 1. The number of nitrogens with zero attached hydrogens (tertiary/aromatic N) is 1. The topological polar surface area (TPSA) is 70.7 Å². The number of amides is 2. The Labute approximate surface area is 124 Å². The highest BCUT2D eigenvalue weighted by atomic mass is 16.6. The SMILES string of the molecule is C=CC(=O)NCCN(C)C(=O)OCc1ccc(NC)cc1. The molecule has 0 heterocycles. The fourth-order valence-corrected chi connectivity index (χ4v) is 1.53. The summed E-state index contributed by atoms with van der Waals surface area (Å²) in [6.07, 6.45) is 0.758. The Morgan fingerprint density at radius 2 is 2.00 bits per heavy atom. The molecule has 0 radical (unpaired) electrons. The molecule has 0 unspecified atom stereocenters. The smallest absolute Gasteiger partial charge is 0.409 e. The van der Waals surface area contributed by atoms with Crippen LogP contribution in [0, 0.1) is 0 Å². The van der Waals surface area contributed by atoms with Crippen LogP contribution in [-0.4, -0.2) is 44.1 Å². The third kappa shape index (κ3) is 5.99. The van der Waals surface area contributed by atoms with Gasteiger partial charge >= 0.3 is 6.09 Å². The number of rotatable bonds is 7. The van der Waals surface area contributed by atoms with Gasteiger partial charge in [0.25, 0.3) is 0 Å². The van der Waals surface area contributed by atoms with Crippen LogP contribution in [0.25, 0.3) is 0 Å². The van der Waals surface area contributed by atoms with E-state index in [1.165, 1.54) is 11.0 Å². The van der Waals surface area contributed by atoms with Gasteiger partial charge in [0, 0.05) is 32.9 Å². The highest BCUT2D eigenvalue weighted by molar-refractivity contribution is 5.86. The zero-order valence-corrected chi connectivity index (χ0v) is 12.4. The maximum atomic E-state index is 11.7. The average Bonchev–Trinajstić information content (AvgIpc) is 2.52. The molecule has 21 heavy (non-hydrogen) atoms. The van der Waals surface area contributed by atoms with Crippen molar-refractivity contribution in [2.24, 2.45) is 0 Å². The quantitative estimate of drug-likeness (QED) is 0.749. The molecule has 0 aromatic heterocycles. The highest BCUT2D eigenvalue weighted by Gasteiger charge is 2.10. The standard InChI is InChI=1S/C15H21N3O3/c1-4-14(19)17-9-10-18(3)15(20)21-11-12-5-7-13(16-2)8-6-12/h4-8,16H,1,9-11H2,2-3H3,(H,17,19). The van der Waals surface area contributed by atoms with E-state index in [9.17, 15) is 9.59 Å². The third-order valence-electron chi connectivity index (χ3n) is 2.85. The van der Waals surface area contributed by atoms with Crippen LogP contribution in [0.4, 0.5) is 10.5 Å². The summed E-state index contributed by atoms with van der Waals surface area (Å²) in [5, 5.41) is 5.61. The molecule has 0 bridgehead atoms. The number of anilines is 1. The Hall–Kier alpha value is -2.50. The van der Waals surface area contributed by atoms with Crippen LogP contribution in [0.5, 0.6) is 0 Å². The Bertz CT molecular complexity index is 485. The van der Waals surface area contributed by atoms with Crippen LogP contribution < -0.4 is 10.6 Å². The van der Waals surface area contributed by atoms with Crippen LogP contribution in [-0.2, 0) is 16.1 Å². The van der Waals surface area contributed by atoms with Crippen LogP contribution in [0.2, 0.25) is 0 Å². The molecular weight excluding hydrogens is 270 g/mol. The lowest BCUT2D eigenvalue weighted by Gasteiger charge is -2.17. The second kappa shape index (κ2) is 8.63. The van der Waals surface area contributed by atoms with Crippen LogP contribution in [0.15, 0.2) is 36.9 Å². The van der Waals surface area contributed by atoms with Crippen molar-refractivity contribution >= 4 is 17.7 Å². The van der Waals surface area contributed by atoms with Gasteiger partial charge in [0.2, 0.25) is 5.91 Å². The molecule has 0 saturated heterocycles. The number of carbonyl (C=O) groups is 2. The van der Waals surface area contributed by atoms with Crippen molar-refractivity contribution in [3.63, 3.8) is 0 Å². The minimum absolute atomic E-state index is 0.214. The molecule has 0 aliphatic rings. The van der Waals surface area contributed by atoms with Gasteiger partial charge in [-0.2, -0.15) is 0 Å². The van der Waals surface area contributed by atoms with Gasteiger partial charge in [-0.05, 0) is 23.8 Å². The van der Waals surface area contributed by atoms with Gasteiger partial charge < -0.3 is 20.3 Å². The first-order valence-electron chi connectivity index (χ1n) is 6.61. The fourth-order valence-electron chi connectivity index (χ4n) is 1.53. The van der Waals surface area contributed by atoms with Crippen molar-refractivity contribution in [3.8, 4) is 0 Å². The van der Waals surface area contributed by atoms with Crippen molar-refractivity contribution in [1.82, 2.24) is 10.2 Å². The Morgan fingerprint density at radius 1 is 1.33 bits per heavy atom. The first kappa shape index (κ1) is 16.6. The molecule has 6 heteroatoms. The molecule has 6 nitrogen and oxygen atoms in total. The molecule has 0 saturated carbocycles.